The van der Waals surface area contributed by atoms with Crippen LogP contribution < -0.4 is 14.8 Å². The number of hydrogen-bond donors (Lipinski definition) is 2. The van der Waals surface area contributed by atoms with E-state index in [9.17, 15) is 13.2 Å². The van der Waals surface area contributed by atoms with Crippen LogP contribution in [-0.4, -0.2) is 59.1 Å². The van der Waals surface area contributed by atoms with Crippen LogP contribution in [0.25, 0.3) is 0 Å². The summed E-state index contributed by atoms with van der Waals surface area (Å²) in [5, 5.41) is 3.15. The summed E-state index contributed by atoms with van der Waals surface area (Å²) in [4.78, 5) is 14.7. The fourth-order valence-electron chi connectivity index (χ4n) is 4.00. The predicted molar refractivity (Wildman–Crippen MR) is 104 cm³/mol. The third-order valence-electron chi connectivity index (χ3n) is 5.44. The molecule has 1 saturated carbocycles. The van der Waals surface area contributed by atoms with Crippen LogP contribution in [0.2, 0.25) is 0 Å². The standard InChI is InChI=1S/C19H29N3O4S/c1-20-12-14-9-10-22(13-14)19(23)15-7-8-17(26-2)18(11-15)27(24,25)21-16-5-3-4-6-16/h7-8,11,14,16,20-21H,3-6,9-10,12-13H2,1-2H3. The lowest BCUT2D eigenvalue weighted by Gasteiger charge is -2.19. The molecule has 0 bridgehead atoms. The van der Waals surface area contributed by atoms with Gasteiger partial charge in [-0.2, -0.15) is 0 Å². The molecule has 1 heterocycles. The Labute approximate surface area is 161 Å². The van der Waals surface area contributed by atoms with Gasteiger partial charge in [-0.05, 0) is 57.0 Å². The maximum atomic E-state index is 12.9. The fraction of sp³-hybridized carbons (Fsp3) is 0.632. The molecule has 8 heteroatoms. The molecule has 27 heavy (non-hydrogen) atoms. The molecular weight excluding hydrogens is 366 g/mol. The molecule has 1 unspecified atom stereocenters. The van der Waals surface area contributed by atoms with Gasteiger partial charge in [-0.25, -0.2) is 13.1 Å². The Kier molecular flexibility index (Phi) is 6.39. The number of ether oxygens (including phenoxy) is 1. The van der Waals surface area contributed by atoms with Crippen molar-refractivity contribution in [1.29, 1.82) is 0 Å². The number of carbonyl (C=O) groups is 1. The zero-order valence-corrected chi connectivity index (χ0v) is 16.8. The van der Waals surface area contributed by atoms with E-state index in [4.69, 9.17) is 4.74 Å². The minimum absolute atomic E-state index is 0.0359. The smallest absolute Gasteiger partial charge is 0.253 e. The average molecular weight is 396 g/mol. The van der Waals surface area contributed by atoms with Gasteiger partial charge in [0.05, 0.1) is 7.11 Å². The number of amides is 1. The van der Waals surface area contributed by atoms with Gasteiger partial charge < -0.3 is 15.0 Å². The summed E-state index contributed by atoms with van der Waals surface area (Å²) < 4.78 is 33.8. The Morgan fingerprint density at radius 1 is 1.26 bits per heavy atom. The summed E-state index contributed by atoms with van der Waals surface area (Å²) >= 11 is 0. The monoisotopic (exact) mass is 395 g/mol. The van der Waals surface area contributed by atoms with Crippen molar-refractivity contribution >= 4 is 15.9 Å². The van der Waals surface area contributed by atoms with Crippen LogP contribution in [0.15, 0.2) is 23.1 Å². The molecule has 0 radical (unpaired) electrons. The summed E-state index contributed by atoms with van der Waals surface area (Å²) in [6, 6.07) is 4.61. The lowest BCUT2D eigenvalue weighted by Crippen LogP contribution is -2.33. The van der Waals surface area contributed by atoms with Crippen molar-refractivity contribution in [2.24, 2.45) is 5.92 Å². The second-order valence-electron chi connectivity index (χ2n) is 7.43. The molecule has 7 nitrogen and oxygen atoms in total. The van der Waals surface area contributed by atoms with Crippen LogP contribution in [0, 0.1) is 5.92 Å². The SMILES string of the molecule is CNCC1CCN(C(=O)c2ccc(OC)c(S(=O)(=O)NC3CCCC3)c2)C1. The first-order valence-corrected chi connectivity index (χ1v) is 11.1. The van der Waals surface area contributed by atoms with Gasteiger partial charge in [0.25, 0.3) is 5.91 Å². The van der Waals surface area contributed by atoms with E-state index >= 15 is 0 Å². The summed E-state index contributed by atoms with van der Waals surface area (Å²) in [7, 11) is -0.397. The van der Waals surface area contributed by atoms with Crippen molar-refractivity contribution in [1.82, 2.24) is 14.9 Å². The van der Waals surface area contributed by atoms with E-state index in [1.165, 1.54) is 13.2 Å². The van der Waals surface area contributed by atoms with Gasteiger partial charge in [0, 0.05) is 24.7 Å². The van der Waals surface area contributed by atoms with Crippen LogP contribution in [0.4, 0.5) is 0 Å². The van der Waals surface area contributed by atoms with Crippen molar-refractivity contribution in [2.75, 3.05) is 33.8 Å². The van der Waals surface area contributed by atoms with Crippen LogP contribution in [0.3, 0.4) is 0 Å². The third-order valence-corrected chi connectivity index (χ3v) is 6.98. The Balaban J connectivity index is 1.81. The van der Waals surface area contributed by atoms with Crippen LogP contribution >= 0.6 is 0 Å². The molecule has 1 aromatic carbocycles. The highest BCUT2D eigenvalue weighted by atomic mass is 32.2. The molecule has 1 aliphatic carbocycles. The van der Waals surface area contributed by atoms with Gasteiger partial charge >= 0.3 is 0 Å². The number of rotatable bonds is 7. The second-order valence-corrected chi connectivity index (χ2v) is 9.11. The molecule has 2 N–H and O–H groups in total. The second kappa shape index (κ2) is 8.58. The number of nitrogens with one attached hydrogen (secondary N) is 2. The Bertz CT molecular complexity index is 775. The summed E-state index contributed by atoms with van der Waals surface area (Å²) in [5.41, 5.74) is 0.382. The molecule has 1 saturated heterocycles. The molecule has 2 fully saturated rings. The van der Waals surface area contributed by atoms with Gasteiger partial charge in [0.1, 0.15) is 10.6 Å². The molecule has 0 aromatic heterocycles. The molecule has 2 aliphatic rings. The lowest BCUT2D eigenvalue weighted by atomic mass is 10.1. The number of benzene rings is 1. The predicted octanol–water partition coefficient (Wildman–Crippen LogP) is 1.60. The third kappa shape index (κ3) is 4.62. The normalized spacial score (nSPS) is 21.0. The number of sulfonamides is 1. The quantitative estimate of drug-likeness (QED) is 0.732. The van der Waals surface area contributed by atoms with E-state index in [2.05, 4.69) is 10.0 Å². The minimum atomic E-state index is -3.74. The topological polar surface area (TPSA) is 87.7 Å². The van der Waals surface area contributed by atoms with Crippen molar-refractivity contribution in [3.05, 3.63) is 23.8 Å². The van der Waals surface area contributed by atoms with Gasteiger partial charge in [0.15, 0.2) is 0 Å². The molecule has 0 spiro atoms. The van der Waals surface area contributed by atoms with Crippen molar-refractivity contribution < 1.29 is 17.9 Å². The zero-order valence-electron chi connectivity index (χ0n) is 16.0. The van der Waals surface area contributed by atoms with Gasteiger partial charge in [-0.3, -0.25) is 4.79 Å². The minimum Gasteiger partial charge on any atom is -0.495 e. The number of likely N-dealkylation sites (tertiary alicyclic amines) is 1. The fourth-order valence-corrected chi connectivity index (χ4v) is 5.50. The van der Waals surface area contributed by atoms with Gasteiger partial charge in [-0.15, -0.1) is 0 Å². The number of nitrogens with zero attached hydrogens (tertiary/aromatic N) is 1. The van der Waals surface area contributed by atoms with E-state index in [0.717, 1.165) is 38.6 Å². The highest BCUT2D eigenvalue weighted by Crippen LogP contribution is 2.28. The van der Waals surface area contributed by atoms with E-state index < -0.39 is 10.0 Å². The Morgan fingerprint density at radius 2 is 2.00 bits per heavy atom. The van der Waals surface area contributed by atoms with E-state index in [1.807, 2.05) is 7.05 Å². The molecule has 150 valence electrons. The summed E-state index contributed by atoms with van der Waals surface area (Å²) in [6.45, 7) is 2.26. The van der Waals surface area contributed by atoms with Gasteiger partial charge in [0.2, 0.25) is 10.0 Å². The Morgan fingerprint density at radius 3 is 2.67 bits per heavy atom. The van der Waals surface area contributed by atoms with Crippen molar-refractivity contribution in [3.63, 3.8) is 0 Å². The van der Waals surface area contributed by atoms with E-state index in [0.29, 0.717) is 24.6 Å². The lowest BCUT2D eigenvalue weighted by molar-refractivity contribution is 0.0787. The molecule has 3 rings (SSSR count). The highest BCUT2D eigenvalue weighted by molar-refractivity contribution is 7.89. The number of carbonyl (C=O) groups excluding carboxylic acids is 1. The highest BCUT2D eigenvalue weighted by Gasteiger charge is 2.30. The van der Waals surface area contributed by atoms with Gasteiger partial charge in [-0.1, -0.05) is 12.8 Å². The maximum absolute atomic E-state index is 12.9. The van der Waals surface area contributed by atoms with Crippen molar-refractivity contribution in [2.45, 2.75) is 43.0 Å². The maximum Gasteiger partial charge on any atom is 0.253 e. The number of hydrogen-bond acceptors (Lipinski definition) is 5. The Hall–Kier alpha value is -1.64. The first-order valence-electron chi connectivity index (χ1n) is 9.59. The first kappa shape index (κ1) is 20.1. The summed E-state index contributed by atoms with van der Waals surface area (Å²) in [6.07, 6.45) is 4.72. The average Bonchev–Trinajstić information content (AvgIpc) is 3.32. The molecule has 1 aromatic rings. The largest absolute Gasteiger partial charge is 0.495 e. The molecule has 1 amide bonds. The van der Waals surface area contributed by atoms with E-state index in [1.54, 1.807) is 17.0 Å². The number of methoxy groups -OCH3 is 1. The van der Waals surface area contributed by atoms with Crippen molar-refractivity contribution in [3.8, 4) is 5.75 Å². The zero-order chi connectivity index (χ0) is 19.4. The van der Waals surface area contributed by atoms with Crippen LogP contribution in [0.1, 0.15) is 42.5 Å². The van der Waals surface area contributed by atoms with Crippen LogP contribution in [0.5, 0.6) is 5.75 Å². The molecular formula is C19H29N3O4S. The van der Waals surface area contributed by atoms with Crippen LogP contribution in [-0.2, 0) is 10.0 Å². The van der Waals surface area contributed by atoms with E-state index in [-0.39, 0.29) is 22.6 Å². The molecule has 1 aliphatic heterocycles. The first-order chi connectivity index (χ1) is 12.9. The summed E-state index contributed by atoms with van der Waals surface area (Å²) in [5.74, 6) is 0.560. The molecule has 1 atom stereocenters.